The lowest BCUT2D eigenvalue weighted by atomic mass is 10.5. The van der Waals surface area contributed by atoms with E-state index in [1.807, 2.05) is 13.2 Å². The summed E-state index contributed by atoms with van der Waals surface area (Å²) in [5, 5.41) is 11.3. The summed E-state index contributed by atoms with van der Waals surface area (Å²) < 4.78 is 0. The largest absolute Gasteiger partial charge is 0.392 e. The minimum absolute atomic E-state index is 0.907. The number of nitrogens with zero attached hydrogens (tertiary/aromatic N) is 1. The average molecular weight is 123 g/mol. The van der Waals surface area contributed by atoms with Gasteiger partial charge in [0.1, 0.15) is 0 Å². The Morgan fingerprint density at radius 2 is 2.67 bits per heavy atom. The molecule has 0 fully saturated rings. The first-order valence-corrected chi connectivity index (χ1v) is 2.70. The van der Waals surface area contributed by atoms with Gasteiger partial charge in [-0.05, 0) is 0 Å². The predicted octanol–water partition coefficient (Wildman–Crippen LogP) is -1.22. The summed E-state index contributed by atoms with van der Waals surface area (Å²) in [7, 11) is 1.83. The first-order valence-electron chi connectivity index (χ1n) is 2.70. The van der Waals surface area contributed by atoms with Crippen molar-refractivity contribution < 1.29 is 0 Å². The first-order chi connectivity index (χ1) is 4.34. The number of hydrogen-bond donors (Lipinski definition) is 2. The fourth-order valence-corrected chi connectivity index (χ4v) is 0.590. The molecule has 0 amide bonds. The number of hydrogen-bond acceptors (Lipinski definition) is 2. The molecule has 0 spiro atoms. The minimum Gasteiger partial charge on any atom is -0.392 e. The number of aromatic nitrogens is 2. The van der Waals surface area contributed by atoms with Crippen LogP contribution in [0.25, 0.3) is 12.8 Å². The van der Waals surface area contributed by atoms with Crippen molar-refractivity contribution in [1.29, 1.82) is 0 Å². The third-order valence-electron chi connectivity index (χ3n) is 1.04. The summed E-state index contributed by atoms with van der Waals surface area (Å²) >= 11 is 0. The molecular formula is C6H9N3. The van der Waals surface area contributed by atoms with Crippen molar-refractivity contribution in [3.05, 3.63) is 16.8 Å². The van der Waals surface area contributed by atoms with Crippen molar-refractivity contribution in [2.24, 2.45) is 0 Å². The van der Waals surface area contributed by atoms with Crippen LogP contribution in [0.15, 0.2) is 6.20 Å². The average Bonchev–Trinajstić information content (AvgIpc) is 2.18. The normalized spacial score (nSPS) is 11.9. The zero-order valence-corrected chi connectivity index (χ0v) is 5.31. The van der Waals surface area contributed by atoms with Crippen LogP contribution in [0.1, 0.15) is 0 Å². The monoisotopic (exact) mass is 123 g/mol. The smallest absolute Gasteiger partial charge is 0.0800 e. The van der Waals surface area contributed by atoms with Crippen molar-refractivity contribution in [2.75, 3.05) is 7.05 Å². The molecule has 0 bridgehead atoms. The molecule has 3 nitrogen and oxygen atoms in total. The van der Waals surface area contributed by atoms with Gasteiger partial charge in [-0.2, -0.15) is 5.10 Å². The summed E-state index contributed by atoms with van der Waals surface area (Å²) in [5.74, 6) is 0. The van der Waals surface area contributed by atoms with E-state index in [4.69, 9.17) is 0 Å². The van der Waals surface area contributed by atoms with Gasteiger partial charge in [-0.15, -0.1) is 0 Å². The minimum atomic E-state index is 0.907. The van der Waals surface area contributed by atoms with E-state index in [0.717, 1.165) is 10.6 Å². The van der Waals surface area contributed by atoms with Gasteiger partial charge in [0.15, 0.2) is 0 Å². The Bertz CT molecular complexity index is 273. The van der Waals surface area contributed by atoms with E-state index >= 15 is 0 Å². The lowest BCUT2D eigenvalue weighted by Crippen LogP contribution is -2.23. The molecule has 0 radical (unpaired) electrons. The van der Waals surface area contributed by atoms with Gasteiger partial charge in [0, 0.05) is 18.5 Å². The van der Waals surface area contributed by atoms with Gasteiger partial charge in [-0.3, -0.25) is 5.10 Å². The maximum absolute atomic E-state index is 3.78. The van der Waals surface area contributed by atoms with Crippen LogP contribution in [0, 0.1) is 0 Å². The Labute approximate surface area is 53.1 Å². The molecule has 2 N–H and O–H groups in total. The molecule has 1 aromatic rings. The zero-order chi connectivity index (χ0) is 6.69. The molecule has 0 aliphatic carbocycles. The molecule has 1 aromatic heterocycles. The van der Waals surface area contributed by atoms with Crippen LogP contribution in [0.5, 0.6) is 0 Å². The SMILES string of the molecule is C=c1cn[nH]/c1=C/NC. The Balaban J connectivity index is 3.23. The molecule has 0 aliphatic heterocycles. The van der Waals surface area contributed by atoms with Crippen LogP contribution in [0.4, 0.5) is 0 Å². The van der Waals surface area contributed by atoms with Gasteiger partial charge in [-0.1, -0.05) is 6.58 Å². The highest BCUT2D eigenvalue weighted by Crippen LogP contribution is 1.49. The van der Waals surface area contributed by atoms with E-state index < -0.39 is 0 Å². The van der Waals surface area contributed by atoms with Crippen molar-refractivity contribution in [3.8, 4) is 0 Å². The van der Waals surface area contributed by atoms with Gasteiger partial charge < -0.3 is 5.32 Å². The molecule has 0 unspecified atom stereocenters. The van der Waals surface area contributed by atoms with Crippen LogP contribution in [-0.2, 0) is 0 Å². The van der Waals surface area contributed by atoms with Crippen molar-refractivity contribution in [2.45, 2.75) is 0 Å². The van der Waals surface area contributed by atoms with Crippen LogP contribution in [0.2, 0.25) is 0 Å². The van der Waals surface area contributed by atoms with E-state index in [2.05, 4.69) is 22.1 Å². The van der Waals surface area contributed by atoms with Crippen molar-refractivity contribution >= 4 is 12.8 Å². The van der Waals surface area contributed by atoms with Gasteiger partial charge >= 0.3 is 0 Å². The van der Waals surface area contributed by atoms with Crippen LogP contribution < -0.4 is 15.9 Å². The fraction of sp³-hybridized carbons (Fsp3) is 0.167. The van der Waals surface area contributed by atoms with E-state index in [0.29, 0.717) is 0 Å². The molecule has 0 atom stereocenters. The lowest BCUT2D eigenvalue weighted by Gasteiger charge is -1.79. The summed E-state index contributed by atoms with van der Waals surface area (Å²) in [6.07, 6.45) is 3.50. The van der Waals surface area contributed by atoms with E-state index in [1.165, 1.54) is 0 Å². The molecular weight excluding hydrogens is 114 g/mol. The maximum Gasteiger partial charge on any atom is 0.0800 e. The summed E-state index contributed by atoms with van der Waals surface area (Å²) in [6.45, 7) is 3.73. The van der Waals surface area contributed by atoms with Crippen LogP contribution in [-0.4, -0.2) is 17.2 Å². The quantitative estimate of drug-likeness (QED) is 0.491. The third kappa shape index (κ3) is 1.10. The molecule has 3 heteroatoms. The van der Waals surface area contributed by atoms with E-state index in [1.54, 1.807) is 6.20 Å². The van der Waals surface area contributed by atoms with E-state index in [-0.39, 0.29) is 0 Å². The lowest BCUT2D eigenvalue weighted by molar-refractivity contribution is 1.04. The maximum atomic E-state index is 3.78. The second kappa shape index (κ2) is 2.35. The highest BCUT2D eigenvalue weighted by atomic mass is 15.1. The molecule has 0 aliphatic rings. The van der Waals surface area contributed by atoms with Crippen molar-refractivity contribution in [1.82, 2.24) is 15.5 Å². The molecule has 9 heavy (non-hydrogen) atoms. The zero-order valence-electron chi connectivity index (χ0n) is 5.31. The van der Waals surface area contributed by atoms with Gasteiger partial charge in [0.05, 0.1) is 11.5 Å². The predicted molar refractivity (Wildman–Crippen MR) is 36.9 cm³/mol. The van der Waals surface area contributed by atoms with Gasteiger partial charge in [0.25, 0.3) is 0 Å². The Morgan fingerprint density at radius 1 is 1.89 bits per heavy atom. The highest BCUT2D eigenvalue weighted by molar-refractivity contribution is 5.17. The topological polar surface area (TPSA) is 40.7 Å². The molecule has 0 aromatic carbocycles. The summed E-state index contributed by atoms with van der Waals surface area (Å²) in [4.78, 5) is 0. The molecule has 0 saturated heterocycles. The Morgan fingerprint density at radius 3 is 3.11 bits per heavy atom. The summed E-state index contributed by atoms with van der Waals surface area (Å²) in [5.41, 5.74) is 0. The second-order valence-electron chi connectivity index (χ2n) is 1.74. The Kier molecular flexibility index (Phi) is 1.53. The Hall–Kier alpha value is -1.25. The van der Waals surface area contributed by atoms with Gasteiger partial charge in [-0.25, -0.2) is 0 Å². The third-order valence-corrected chi connectivity index (χ3v) is 1.04. The fourth-order valence-electron chi connectivity index (χ4n) is 0.590. The number of H-pyrrole nitrogens is 1. The summed E-state index contributed by atoms with van der Waals surface area (Å²) in [6, 6.07) is 0. The van der Waals surface area contributed by atoms with Crippen LogP contribution in [0.3, 0.4) is 0 Å². The molecule has 1 heterocycles. The number of aromatic amines is 1. The van der Waals surface area contributed by atoms with Gasteiger partial charge in [0.2, 0.25) is 0 Å². The standard InChI is InChI=1S/C6H9N3/c1-5-3-8-9-6(5)4-7-2/h3-4,7,9H,1H2,2H3/b6-4+. The number of nitrogens with one attached hydrogen (secondary N) is 2. The first kappa shape index (κ1) is 5.88. The molecule has 48 valence electrons. The van der Waals surface area contributed by atoms with Crippen LogP contribution >= 0.6 is 0 Å². The second-order valence-corrected chi connectivity index (χ2v) is 1.74. The van der Waals surface area contributed by atoms with E-state index in [9.17, 15) is 0 Å². The van der Waals surface area contributed by atoms with Crippen molar-refractivity contribution in [3.63, 3.8) is 0 Å². The number of rotatable bonds is 1. The molecule has 1 rings (SSSR count). The molecule has 0 saturated carbocycles. The highest BCUT2D eigenvalue weighted by Gasteiger charge is 1.78.